The Kier molecular flexibility index (Phi) is 3.92. The highest BCUT2D eigenvalue weighted by Gasteiger charge is 2.10. The van der Waals surface area contributed by atoms with Crippen LogP contribution in [0.1, 0.15) is 0 Å². The van der Waals surface area contributed by atoms with E-state index in [4.69, 9.17) is 0 Å². The normalized spacial score (nSPS) is 10.6. The number of urea groups is 1. The molecule has 0 aliphatic carbocycles. The predicted octanol–water partition coefficient (Wildman–Crippen LogP) is 5.48. The smallest absolute Gasteiger partial charge is 0.323 e. The van der Waals surface area contributed by atoms with Crippen molar-refractivity contribution in [3.05, 3.63) is 85.1 Å². The lowest BCUT2D eigenvalue weighted by atomic mass is 10.0. The number of hydrogen-bond acceptors (Lipinski definition) is 1. The minimum atomic E-state index is -0.270. The van der Waals surface area contributed by atoms with Crippen LogP contribution in [0.5, 0.6) is 0 Å². The van der Waals surface area contributed by atoms with Crippen LogP contribution < -0.4 is 10.6 Å². The lowest BCUT2D eigenvalue weighted by Gasteiger charge is -2.12. The van der Waals surface area contributed by atoms with Crippen LogP contribution in [0.15, 0.2) is 85.1 Å². The van der Waals surface area contributed by atoms with E-state index in [0.717, 1.165) is 33.4 Å². The Morgan fingerprint density at radius 1 is 0.720 bits per heavy atom. The van der Waals surface area contributed by atoms with Crippen LogP contribution in [-0.2, 0) is 0 Å². The minimum Gasteiger partial charge on any atom is -0.359 e. The highest BCUT2D eigenvalue weighted by atomic mass is 16.2. The fourth-order valence-electron chi connectivity index (χ4n) is 2.91. The second-order valence-corrected chi connectivity index (χ2v) is 5.74. The molecule has 3 N–H and O–H groups in total. The summed E-state index contributed by atoms with van der Waals surface area (Å²) in [6, 6.07) is 25.3. The molecule has 4 aromatic rings. The van der Waals surface area contributed by atoms with E-state index in [1.165, 1.54) is 0 Å². The Balaban J connectivity index is 1.58. The Morgan fingerprint density at radius 3 is 2.28 bits per heavy atom. The molecule has 4 heteroatoms. The van der Waals surface area contributed by atoms with E-state index in [1.54, 1.807) is 6.20 Å². The summed E-state index contributed by atoms with van der Waals surface area (Å²) in [4.78, 5) is 15.6. The van der Waals surface area contributed by atoms with Crippen molar-refractivity contribution in [2.24, 2.45) is 0 Å². The standard InChI is InChI=1S/C21H17N3O/c25-21(24-20-14-22-18-12-6-5-11-17(18)20)23-19-13-7-4-10-16(19)15-8-2-1-3-9-15/h1-14,22H,(H2,23,24,25). The maximum atomic E-state index is 12.5. The number of carbonyl (C=O) groups is 1. The molecule has 122 valence electrons. The molecule has 3 aromatic carbocycles. The second-order valence-electron chi connectivity index (χ2n) is 5.74. The number of hydrogen-bond donors (Lipinski definition) is 3. The average molecular weight is 327 g/mol. The molecule has 0 fully saturated rings. The fourth-order valence-corrected chi connectivity index (χ4v) is 2.91. The molecule has 4 rings (SSSR count). The number of nitrogens with one attached hydrogen (secondary N) is 3. The quantitative estimate of drug-likeness (QED) is 0.458. The van der Waals surface area contributed by atoms with Gasteiger partial charge in [0.2, 0.25) is 0 Å². The van der Waals surface area contributed by atoms with E-state index in [2.05, 4.69) is 15.6 Å². The molecular weight excluding hydrogens is 310 g/mol. The molecule has 1 heterocycles. The van der Waals surface area contributed by atoms with Gasteiger partial charge in [-0.3, -0.25) is 0 Å². The number of H-pyrrole nitrogens is 1. The van der Waals surface area contributed by atoms with Crippen molar-refractivity contribution >= 4 is 28.3 Å². The van der Waals surface area contributed by atoms with Gasteiger partial charge in [0.15, 0.2) is 0 Å². The molecule has 0 aliphatic rings. The van der Waals surface area contributed by atoms with E-state index >= 15 is 0 Å². The third-order valence-corrected chi connectivity index (χ3v) is 4.10. The van der Waals surface area contributed by atoms with Crippen molar-refractivity contribution in [3.8, 4) is 11.1 Å². The minimum absolute atomic E-state index is 0.270. The van der Waals surface area contributed by atoms with Crippen molar-refractivity contribution in [1.82, 2.24) is 4.98 Å². The van der Waals surface area contributed by atoms with Gasteiger partial charge in [0.05, 0.1) is 11.4 Å². The van der Waals surface area contributed by atoms with Crippen LogP contribution in [0.4, 0.5) is 16.2 Å². The molecule has 0 atom stereocenters. The largest absolute Gasteiger partial charge is 0.359 e. The van der Waals surface area contributed by atoms with Gasteiger partial charge in [-0.05, 0) is 17.7 Å². The average Bonchev–Trinajstić information content (AvgIpc) is 3.06. The number of anilines is 2. The van der Waals surface area contributed by atoms with Gasteiger partial charge in [0.1, 0.15) is 0 Å². The van der Waals surface area contributed by atoms with Crippen LogP contribution in [0.3, 0.4) is 0 Å². The van der Waals surface area contributed by atoms with E-state index in [1.807, 2.05) is 78.9 Å². The molecule has 0 saturated carbocycles. The number of aromatic amines is 1. The van der Waals surface area contributed by atoms with Gasteiger partial charge in [-0.1, -0.05) is 66.7 Å². The van der Waals surface area contributed by atoms with Crippen LogP contribution in [0.25, 0.3) is 22.0 Å². The summed E-state index contributed by atoms with van der Waals surface area (Å²) in [7, 11) is 0. The van der Waals surface area contributed by atoms with E-state index in [-0.39, 0.29) is 6.03 Å². The topological polar surface area (TPSA) is 56.9 Å². The Labute approximate surface area is 145 Å². The maximum Gasteiger partial charge on any atom is 0.323 e. The lowest BCUT2D eigenvalue weighted by molar-refractivity contribution is 0.262. The number of aromatic nitrogens is 1. The van der Waals surface area contributed by atoms with Crippen LogP contribution in [-0.4, -0.2) is 11.0 Å². The summed E-state index contributed by atoms with van der Waals surface area (Å²) >= 11 is 0. The summed E-state index contributed by atoms with van der Waals surface area (Å²) in [6.07, 6.45) is 1.80. The Morgan fingerprint density at radius 2 is 1.40 bits per heavy atom. The summed E-state index contributed by atoms with van der Waals surface area (Å²) in [5, 5.41) is 6.84. The van der Waals surface area contributed by atoms with E-state index in [9.17, 15) is 4.79 Å². The first-order valence-electron chi connectivity index (χ1n) is 8.10. The molecule has 25 heavy (non-hydrogen) atoms. The van der Waals surface area contributed by atoms with Gasteiger partial charge in [-0.15, -0.1) is 0 Å². The molecule has 0 bridgehead atoms. The monoisotopic (exact) mass is 327 g/mol. The Hall–Kier alpha value is -3.53. The number of amides is 2. The predicted molar refractivity (Wildman–Crippen MR) is 103 cm³/mol. The molecule has 1 aromatic heterocycles. The van der Waals surface area contributed by atoms with Gasteiger partial charge >= 0.3 is 6.03 Å². The number of carbonyl (C=O) groups excluding carboxylic acids is 1. The first kappa shape index (κ1) is 15.0. The van der Waals surface area contributed by atoms with E-state index in [0.29, 0.717) is 0 Å². The van der Waals surface area contributed by atoms with E-state index < -0.39 is 0 Å². The third-order valence-electron chi connectivity index (χ3n) is 4.10. The van der Waals surface area contributed by atoms with Crippen molar-refractivity contribution in [3.63, 3.8) is 0 Å². The zero-order valence-electron chi connectivity index (χ0n) is 13.5. The molecule has 0 radical (unpaired) electrons. The number of fused-ring (bicyclic) bond motifs is 1. The fraction of sp³-hybridized carbons (Fsp3) is 0. The van der Waals surface area contributed by atoms with Gasteiger partial charge in [-0.2, -0.15) is 0 Å². The molecule has 0 spiro atoms. The first-order chi connectivity index (χ1) is 12.3. The second kappa shape index (κ2) is 6.53. The van der Waals surface area contributed by atoms with Crippen LogP contribution in [0.2, 0.25) is 0 Å². The number of benzene rings is 3. The summed E-state index contributed by atoms with van der Waals surface area (Å²) in [5.74, 6) is 0. The van der Waals surface area contributed by atoms with Crippen molar-refractivity contribution in [2.45, 2.75) is 0 Å². The molecule has 4 nitrogen and oxygen atoms in total. The first-order valence-corrected chi connectivity index (χ1v) is 8.10. The molecule has 0 aliphatic heterocycles. The molecule has 0 saturated heterocycles. The third kappa shape index (κ3) is 3.10. The number of rotatable bonds is 3. The molecule has 0 unspecified atom stereocenters. The van der Waals surface area contributed by atoms with Crippen molar-refractivity contribution < 1.29 is 4.79 Å². The summed E-state index contributed by atoms with van der Waals surface area (Å²) in [6.45, 7) is 0. The maximum absolute atomic E-state index is 12.5. The van der Waals surface area contributed by atoms with Gasteiger partial charge < -0.3 is 15.6 Å². The molecular formula is C21H17N3O. The zero-order valence-corrected chi connectivity index (χ0v) is 13.5. The van der Waals surface area contributed by atoms with Crippen molar-refractivity contribution in [1.29, 1.82) is 0 Å². The summed E-state index contributed by atoms with van der Waals surface area (Å²) in [5.41, 5.74) is 4.56. The summed E-state index contributed by atoms with van der Waals surface area (Å²) < 4.78 is 0. The van der Waals surface area contributed by atoms with Crippen LogP contribution >= 0.6 is 0 Å². The van der Waals surface area contributed by atoms with Crippen LogP contribution in [0, 0.1) is 0 Å². The molecule has 2 amide bonds. The van der Waals surface area contributed by atoms with Gasteiger partial charge in [-0.25, -0.2) is 4.79 Å². The highest BCUT2D eigenvalue weighted by molar-refractivity contribution is 6.07. The van der Waals surface area contributed by atoms with Gasteiger partial charge in [0.25, 0.3) is 0 Å². The highest BCUT2D eigenvalue weighted by Crippen LogP contribution is 2.28. The number of para-hydroxylation sites is 2. The lowest BCUT2D eigenvalue weighted by Crippen LogP contribution is -2.19. The van der Waals surface area contributed by atoms with Crippen molar-refractivity contribution in [2.75, 3.05) is 10.6 Å². The SMILES string of the molecule is O=C(Nc1ccccc1-c1ccccc1)Nc1c[nH]c2ccccc12. The van der Waals surface area contributed by atoms with Gasteiger partial charge in [0, 0.05) is 22.7 Å². The zero-order chi connectivity index (χ0) is 17.1. The Bertz CT molecular complexity index is 1020.